The van der Waals surface area contributed by atoms with Gasteiger partial charge in [-0.25, -0.2) is 4.39 Å². The fourth-order valence-electron chi connectivity index (χ4n) is 2.31. The van der Waals surface area contributed by atoms with Crippen LogP contribution >= 0.6 is 11.6 Å². The van der Waals surface area contributed by atoms with Gasteiger partial charge in [-0.1, -0.05) is 24.6 Å². The number of piperidine rings is 1. The first kappa shape index (κ1) is 13.5. The largest absolute Gasteiger partial charge is 0.317 e. The molecule has 0 atom stereocenters. The minimum absolute atomic E-state index is 0.116. The predicted molar refractivity (Wildman–Crippen MR) is 70.3 cm³/mol. The van der Waals surface area contributed by atoms with Crippen molar-refractivity contribution in [1.29, 1.82) is 0 Å². The second-order valence-electron chi connectivity index (χ2n) is 5.15. The molecule has 0 unspecified atom stereocenters. The molecule has 1 aromatic carbocycles. The fourth-order valence-corrected chi connectivity index (χ4v) is 2.47. The van der Waals surface area contributed by atoms with Gasteiger partial charge in [-0.3, -0.25) is 4.79 Å². The number of Topliss-reactive ketones (excluding diaryl/α,β-unsaturated/α-hetero) is 1. The summed E-state index contributed by atoms with van der Waals surface area (Å²) in [7, 11) is 0. The zero-order chi connectivity index (χ0) is 13.2. The summed E-state index contributed by atoms with van der Waals surface area (Å²) in [6.45, 7) is 3.68. The molecule has 4 heteroatoms. The van der Waals surface area contributed by atoms with Gasteiger partial charge in [0.25, 0.3) is 0 Å². The molecule has 98 valence electrons. The molecule has 1 heterocycles. The van der Waals surface area contributed by atoms with Crippen molar-refractivity contribution in [3.8, 4) is 0 Å². The van der Waals surface area contributed by atoms with Gasteiger partial charge < -0.3 is 5.32 Å². The van der Waals surface area contributed by atoms with Crippen molar-refractivity contribution in [2.24, 2.45) is 5.41 Å². The lowest BCUT2D eigenvalue weighted by Gasteiger charge is -2.32. The van der Waals surface area contributed by atoms with Gasteiger partial charge in [0.05, 0.1) is 0 Å². The Morgan fingerprint density at radius 3 is 2.72 bits per heavy atom. The van der Waals surface area contributed by atoms with Crippen molar-refractivity contribution in [2.45, 2.75) is 26.2 Å². The summed E-state index contributed by atoms with van der Waals surface area (Å²) in [5.74, 6) is -0.279. The maximum atomic E-state index is 13.7. The van der Waals surface area contributed by atoms with Gasteiger partial charge in [-0.2, -0.15) is 0 Å². The van der Waals surface area contributed by atoms with E-state index >= 15 is 0 Å². The molecule has 18 heavy (non-hydrogen) atoms. The molecule has 1 aliphatic heterocycles. The number of hydrogen-bond acceptors (Lipinski definition) is 2. The second kappa shape index (κ2) is 5.37. The third-order valence-electron chi connectivity index (χ3n) is 3.75. The minimum atomic E-state index is -0.395. The molecule has 2 rings (SSSR count). The summed E-state index contributed by atoms with van der Waals surface area (Å²) in [4.78, 5) is 12.3. The molecule has 1 fully saturated rings. The average Bonchev–Trinajstić information content (AvgIpc) is 2.33. The Labute approximate surface area is 112 Å². The fraction of sp³-hybridized carbons (Fsp3) is 0.500. The molecule has 1 saturated heterocycles. The molecule has 0 aromatic heterocycles. The molecule has 0 bridgehead atoms. The van der Waals surface area contributed by atoms with Crippen LogP contribution in [0.3, 0.4) is 0 Å². The number of carbonyl (C=O) groups excluding carboxylic acids is 1. The Morgan fingerprint density at radius 2 is 2.11 bits per heavy atom. The van der Waals surface area contributed by atoms with E-state index in [4.69, 9.17) is 11.6 Å². The van der Waals surface area contributed by atoms with Gasteiger partial charge in [-0.15, -0.1) is 0 Å². The van der Waals surface area contributed by atoms with Crippen LogP contribution in [0, 0.1) is 11.2 Å². The Kier molecular flexibility index (Phi) is 4.03. The SMILES string of the molecule is CC1(C(=O)Cc2ccc(Cl)cc2F)CCNCC1. The van der Waals surface area contributed by atoms with E-state index in [0.717, 1.165) is 25.9 Å². The number of halogens is 2. The molecule has 0 aliphatic carbocycles. The number of nitrogens with one attached hydrogen (secondary N) is 1. The standard InChI is InChI=1S/C14H17ClFNO/c1-14(4-6-17-7-5-14)13(18)8-10-2-3-11(15)9-12(10)16/h2-3,9,17H,4-8H2,1H3. The summed E-state index contributed by atoms with van der Waals surface area (Å²) in [6.07, 6.45) is 1.79. The smallest absolute Gasteiger partial charge is 0.143 e. The van der Waals surface area contributed by atoms with Gasteiger partial charge in [0.2, 0.25) is 0 Å². The van der Waals surface area contributed by atoms with Gasteiger partial charge in [0.1, 0.15) is 11.6 Å². The third-order valence-corrected chi connectivity index (χ3v) is 3.98. The van der Waals surface area contributed by atoms with Crippen LogP contribution in [0.2, 0.25) is 5.02 Å². The van der Waals surface area contributed by atoms with Crippen molar-refractivity contribution in [2.75, 3.05) is 13.1 Å². The van der Waals surface area contributed by atoms with Crippen LogP contribution in [0.4, 0.5) is 4.39 Å². The second-order valence-corrected chi connectivity index (χ2v) is 5.58. The van der Waals surface area contributed by atoms with Crippen LogP contribution in [0.1, 0.15) is 25.3 Å². The van der Waals surface area contributed by atoms with E-state index in [9.17, 15) is 9.18 Å². The topological polar surface area (TPSA) is 29.1 Å². The Bertz CT molecular complexity index is 455. The molecule has 0 spiro atoms. The Morgan fingerprint density at radius 1 is 1.44 bits per heavy atom. The number of benzene rings is 1. The molecule has 1 N–H and O–H groups in total. The van der Waals surface area contributed by atoms with Gasteiger partial charge in [0, 0.05) is 16.9 Å². The molecule has 1 aromatic rings. The van der Waals surface area contributed by atoms with Crippen LogP contribution < -0.4 is 5.32 Å². The van der Waals surface area contributed by atoms with E-state index < -0.39 is 5.82 Å². The first-order valence-corrected chi connectivity index (χ1v) is 6.57. The van der Waals surface area contributed by atoms with E-state index in [1.54, 1.807) is 12.1 Å². The van der Waals surface area contributed by atoms with Crippen molar-refractivity contribution in [1.82, 2.24) is 5.32 Å². The highest BCUT2D eigenvalue weighted by Crippen LogP contribution is 2.30. The minimum Gasteiger partial charge on any atom is -0.317 e. The number of rotatable bonds is 3. The van der Waals surface area contributed by atoms with E-state index in [1.165, 1.54) is 6.07 Å². The van der Waals surface area contributed by atoms with Crippen molar-refractivity contribution in [3.05, 3.63) is 34.6 Å². The van der Waals surface area contributed by atoms with Gasteiger partial charge in [0.15, 0.2) is 0 Å². The highest BCUT2D eigenvalue weighted by molar-refractivity contribution is 6.30. The summed E-state index contributed by atoms with van der Waals surface area (Å²) >= 11 is 5.70. The number of hydrogen-bond donors (Lipinski definition) is 1. The summed E-state index contributed by atoms with van der Waals surface area (Å²) in [5.41, 5.74) is 0.112. The van der Waals surface area contributed by atoms with Crippen LogP contribution in [-0.4, -0.2) is 18.9 Å². The lowest BCUT2D eigenvalue weighted by Crippen LogP contribution is -2.40. The van der Waals surface area contributed by atoms with Crippen molar-refractivity contribution < 1.29 is 9.18 Å². The Hall–Kier alpha value is -0.930. The lowest BCUT2D eigenvalue weighted by atomic mass is 9.75. The van der Waals surface area contributed by atoms with Crippen LogP contribution in [0.15, 0.2) is 18.2 Å². The van der Waals surface area contributed by atoms with Gasteiger partial charge in [-0.05, 0) is 43.6 Å². The lowest BCUT2D eigenvalue weighted by molar-refractivity contribution is -0.128. The summed E-state index contributed by atoms with van der Waals surface area (Å²) in [5, 5.41) is 3.59. The summed E-state index contributed by atoms with van der Waals surface area (Å²) in [6, 6.07) is 4.48. The first-order chi connectivity index (χ1) is 8.51. The van der Waals surface area contributed by atoms with Crippen molar-refractivity contribution in [3.63, 3.8) is 0 Å². The van der Waals surface area contributed by atoms with E-state index in [2.05, 4.69) is 5.32 Å². The maximum absolute atomic E-state index is 13.7. The first-order valence-electron chi connectivity index (χ1n) is 6.19. The zero-order valence-corrected chi connectivity index (χ0v) is 11.2. The maximum Gasteiger partial charge on any atom is 0.143 e. The molecule has 0 saturated carbocycles. The van der Waals surface area contributed by atoms with E-state index in [0.29, 0.717) is 10.6 Å². The third kappa shape index (κ3) is 2.90. The van der Waals surface area contributed by atoms with E-state index in [1.807, 2.05) is 6.92 Å². The quantitative estimate of drug-likeness (QED) is 0.914. The van der Waals surface area contributed by atoms with Gasteiger partial charge >= 0.3 is 0 Å². The van der Waals surface area contributed by atoms with Crippen LogP contribution in [0.25, 0.3) is 0 Å². The highest BCUT2D eigenvalue weighted by atomic mass is 35.5. The zero-order valence-electron chi connectivity index (χ0n) is 10.4. The molecule has 0 radical (unpaired) electrons. The monoisotopic (exact) mass is 269 g/mol. The van der Waals surface area contributed by atoms with Crippen LogP contribution in [-0.2, 0) is 11.2 Å². The van der Waals surface area contributed by atoms with Crippen LogP contribution in [0.5, 0.6) is 0 Å². The van der Waals surface area contributed by atoms with E-state index in [-0.39, 0.29) is 17.6 Å². The number of carbonyl (C=O) groups is 1. The molecule has 0 amide bonds. The summed E-state index contributed by atoms with van der Waals surface area (Å²) < 4.78 is 13.7. The average molecular weight is 270 g/mol. The van der Waals surface area contributed by atoms with Crippen molar-refractivity contribution >= 4 is 17.4 Å². The predicted octanol–water partition coefficient (Wildman–Crippen LogP) is 2.98. The Balaban J connectivity index is 2.11. The number of ketones is 1. The molecule has 2 nitrogen and oxygen atoms in total. The highest BCUT2D eigenvalue weighted by Gasteiger charge is 2.34. The normalized spacial score (nSPS) is 18.6. The molecular formula is C14H17ClFNO. The molecular weight excluding hydrogens is 253 g/mol. The molecule has 1 aliphatic rings.